The molecule has 40 heavy (non-hydrogen) atoms. The maximum Gasteiger partial charge on any atom is 0.407 e. The largest absolute Gasteiger partial charge is 0.449 e. The Balaban J connectivity index is 2.46. The topological polar surface area (TPSA) is 152 Å². The Morgan fingerprint density at radius 3 is 2.33 bits per heavy atom. The summed E-state index contributed by atoms with van der Waals surface area (Å²) in [6, 6.07) is -2.07. The van der Waals surface area contributed by atoms with Crippen molar-refractivity contribution in [3.05, 3.63) is 0 Å². The SMILES string of the molecule is CCCC1CCCCCC2(CCNC2=O)C[C@@H](C(O)P(=O)(OCC)OCC)NC(=O)[C@H](CC(C)C)NC(=O)OC1. The van der Waals surface area contributed by atoms with Crippen LogP contribution in [-0.4, -0.2) is 67.3 Å². The van der Waals surface area contributed by atoms with Crippen molar-refractivity contribution in [1.29, 1.82) is 0 Å². The van der Waals surface area contributed by atoms with Gasteiger partial charge in [-0.05, 0) is 64.2 Å². The molecule has 12 heteroatoms. The monoisotopic (exact) mass is 589 g/mol. The first kappa shape index (κ1) is 34.5. The lowest BCUT2D eigenvalue weighted by Crippen LogP contribution is -2.55. The lowest BCUT2D eigenvalue weighted by molar-refractivity contribution is -0.131. The van der Waals surface area contributed by atoms with Crippen molar-refractivity contribution < 1.29 is 37.8 Å². The molecular weight excluding hydrogens is 537 g/mol. The van der Waals surface area contributed by atoms with E-state index in [0.29, 0.717) is 25.8 Å². The molecule has 2 rings (SSSR count). The van der Waals surface area contributed by atoms with Crippen LogP contribution in [0.3, 0.4) is 0 Å². The van der Waals surface area contributed by atoms with E-state index in [1.807, 2.05) is 13.8 Å². The van der Waals surface area contributed by atoms with Gasteiger partial charge in [-0.1, -0.05) is 46.5 Å². The van der Waals surface area contributed by atoms with Crippen LogP contribution in [0.5, 0.6) is 0 Å². The Kier molecular flexibility index (Phi) is 14.4. The molecule has 3 amide bonds. The molecule has 0 radical (unpaired) electrons. The van der Waals surface area contributed by atoms with Crippen LogP contribution in [0.25, 0.3) is 0 Å². The van der Waals surface area contributed by atoms with E-state index in [1.165, 1.54) is 0 Å². The van der Waals surface area contributed by atoms with Crippen LogP contribution in [0.2, 0.25) is 0 Å². The smallest absolute Gasteiger partial charge is 0.407 e. The van der Waals surface area contributed by atoms with Gasteiger partial charge in [0.25, 0.3) is 0 Å². The zero-order valence-corrected chi connectivity index (χ0v) is 25.9. The number of alkyl carbamates (subject to hydrolysis) is 1. The molecule has 0 aromatic rings. The number of amides is 3. The van der Waals surface area contributed by atoms with Gasteiger partial charge in [-0.2, -0.15) is 0 Å². The number of cyclic esters (lactones) is 1. The normalized spacial score (nSPS) is 28.6. The summed E-state index contributed by atoms with van der Waals surface area (Å²) in [5.74, 6) is -2.10. The summed E-state index contributed by atoms with van der Waals surface area (Å²) in [7, 11) is -4.06. The minimum absolute atomic E-state index is 0.0308. The second-order valence-corrected chi connectivity index (χ2v) is 13.7. The fourth-order valence-corrected chi connectivity index (χ4v) is 7.55. The number of carbonyl (C=O) groups is 3. The van der Waals surface area contributed by atoms with E-state index in [1.54, 1.807) is 13.8 Å². The summed E-state index contributed by atoms with van der Waals surface area (Å²) in [6.45, 7) is 10.1. The molecule has 0 aromatic carbocycles. The highest BCUT2D eigenvalue weighted by Crippen LogP contribution is 2.54. The highest BCUT2D eigenvalue weighted by Gasteiger charge is 2.49. The summed E-state index contributed by atoms with van der Waals surface area (Å²) in [5.41, 5.74) is -0.845. The first-order valence-electron chi connectivity index (χ1n) is 15.1. The Morgan fingerprint density at radius 2 is 1.75 bits per heavy atom. The summed E-state index contributed by atoms with van der Waals surface area (Å²) in [4.78, 5) is 39.6. The number of aliphatic hydroxyl groups excluding tert-OH is 1. The maximum atomic E-state index is 13.6. The first-order valence-corrected chi connectivity index (χ1v) is 16.7. The number of nitrogens with one attached hydrogen (secondary N) is 3. The molecule has 5 atom stereocenters. The number of hydrogen-bond donors (Lipinski definition) is 4. The van der Waals surface area contributed by atoms with Crippen LogP contribution in [-0.2, 0) is 27.9 Å². The van der Waals surface area contributed by atoms with Gasteiger partial charge >= 0.3 is 13.7 Å². The second kappa shape index (κ2) is 16.7. The van der Waals surface area contributed by atoms with E-state index in [2.05, 4.69) is 22.9 Å². The van der Waals surface area contributed by atoms with Gasteiger partial charge in [0.15, 0.2) is 5.85 Å². The first-order chi connectivity index (χ1) is 19.0. The van der Waals surface area contributed by atoms with Gasteiger partial charge in [0.2, 0.25) is 11.8 Å². The molecule has 232 valence electrons. The van der Waals surface area contributed by atoms with Crippen molar-refractivity contribution in [2.45, 2.75) is 117 Å². The van der Waals surface area contributed by atoms with Crippen LogP contribution < -0.4 is 16.0 Å². The number of carbonyl (C=O) groups excluding carboxylic acids is 3. The molecule has 1 spiro atoms. The molecule has 0 bridgehead atoms. The van der Waals surface area contributed by atoms with Crippen LogP contribution in [0.4, 0.5) is 4.79 Å². The minimum Gasteiger partial charge on any atom is -0.449 e. The molecule has 2 fully saturated rings. The molecule has 0 saturated carbocycles. The summed E-state index contributed by atoms with van der Waals surface area (Å²) < 4.78 is 30.0. The van der Waals surface area contributed by atoms with Crippen molar-refractivity contribution >= 4 is 25.5 Å². The van der Waals surface area contributed by atoms with Crippen LogP contribution >= 0.6 is 7.60 Å². The molecule has 2 aliphatic heterocycles. The van der Waals surface area contributed by atoms with Gasteiger partial charge in [-0.3, -0.25) is 14.2 Å². The zero-order valence-electron chi connectivity index (χ0n) is 25.0. The van der Waals surface area contributed by atoms with Crippen molar-refractivity contribution in [2.75, 3.05) is 26.4 Å². The molecule has 2 saturated heterocycles. The predicted molar refractivity (Wildman–Crippen MR) is 153 cm³/mol. The Morgan fingerprint density at radius 1 is 1.05 bits per heavy atom. The molecule has 2 heterocycles. The van der Waals surface area contributed by atoms with Crippen molar-refractivity contribution in [2.24, 2.45) is 17.3 Å². The Hall–Kier alpha value is -1.68. The van der Waals surface area contributed by atoms with E-state index in [-0.39, 0.29) is 44.0 Å². The summed E-state index contributed by atoms with van der Waals surface area (Å²) in [6.07, 6.45) is 6.27. The zero-order chi connectivity index (χ0) is 29.8. The third kappa shape index (κ3) is 10.00. The molecule has 3 unspecified atom stereocenters. The van der Waals surface area contributed by atoms with E-state index in [9.17, 15) is 24.1 Å². The van der Waals surface area contributed by atoms with Gasteiger partial charge in [0.1, 0.15) is 6.04 Å². The Bertz CT molecular complexity index is 862. The van der Waals surface area contributed by atoms with Crippen molar-refractivity contribution in [1.82, 2.24) is 16.0 Å². The summed E-state index contributed by atoms with van der Waals surface area (Å²) in [5, 5.41) is 19.9. The highest BCUT2D eigenvalue weighted by atomic mass is 31.2. The number of rotatable bonds is 10. The van der Waals surface area contributed by atoms with E-state index in [0.717, 1.165) is 38.5 Å². The number of ether oxygens (including phenoxy) is 1. The van der Waals surface area contributed by atoms with Crippen LogP contribution in [0.15, 0.2) is 0 Å². The van der Waals surface area contributed by atoms with E-state index < -0.39 is 42.9 Å². The lowest BCUT2D eigenvalue weighted by atomic mass is 9.75. The maximum absolute atomic E-state index is 13.6. The van der Waals surface area contributed by atoms with Crippen LogP contribution in [0, 0.1) is 17.3 Å². The van der Waals surface area contributed by atoms with E-state index in [4.69, 9.17) is 13.8 Å². The molecule has 11 nitrogen and oxygen atoms in total. The third-order valence-electron chi connectivity index (χ3n) is 7.84. The molecule has 2 aliphatic rings. The lowest BCUT2D eigenvalue weighted by Gasteiger charge is -2.36. The highest BCUT2D eigenvalue weighted by molar-refractivity contribution is 7.54. The third-order valence-corrected chi connectivity index (χ3v) is 10.1. The van der Waals surface area contributed by atoms with Gasteiger partial charge in [0, 0.05) is 6.54 Å². The minimum atomic E-state index is -4.06. The predicted octanol–water partition coefficient (Wildman–Crippen LogP) is 4.47. The second-order valence-electron chi connectivity index (χ2n) is 11.6. The van der Waals surface area contributed by atoms with Gasteiger partial charge in [-0.15, -0.1) is 0 Å². The van der Waals surface area contributed by atoms with Crippen LogP contribution in [0.1, 0.15) is 98.8 Å². The molecule has 0 aromatic heterocycles. The average molecular weight is 590 g/mol. The van der Waals surface area contributed by atoms with Gasteiger partial charge in [-0.25, -0.2) is 4.79 Å². The average Bonchev–Trinajstić information content (AvgIpc) is 3.24. The standard InChI is InChI=1S/C28H52N3O8P/c1-6-12-21-13-10-9-11-14-28(15-16-29-26(28)34)18-23(25(33)40(36,38-7-2)39-8-3)30-24(32)22(17-20(4)5)31-27(35)37-19-21/h20-23,25,33H,6-19H2,1-5H3,(H,29,34)(H,30,32)(H,31,35)/t21?,22-,23-,25?,28?/m0/s1. The fourth-order valence-electron chi connectivity index (χ4n) is 5.83. The van der Waals surface area contributed by atoms with Crippen molar-refractivity contribution in [3.63, 3.8) is 0 Å². The van der Waals surface area contributed by atoms with Crippen molar-refractivity contribution in [3.8, 4) is 0 Å². The Labute approximate surface area is 239 Å². The molecule has 4 N–H and O–H groups in total. The fraction of sp³-hybridized carbons (Fsp3) is 0.893. The van der Waals surface area contributed by atoms with E-state index >= 15 is 0 Å². The molecular formula is C28H52N3O8P. The quantitative estimate of drug-likeness (QED) is 0.272. The molecule has 0 aliphatic carbocycles. The summed E-state index contributed by atoms with van der Waals surface area (Å²) >= 11 is 0. The number of aliphatic hydroxyl groups is 1. The van der Waals surface area contributed by atoms with Gasteiger partial charge < -0.3 is 34.8 Å². The number of hydrogen-bond acceptors (Lipinski definition) is 8. The van der Waals surface area contributed by atoms with Gasteiger partial charge in [0.05, 0.1) is 31.3 Å².